The molecule has 0 bridgehead atoms. The number of carbonyl (C=O) groups excluding carboxylic acids is 5. The molecule has 0 unspecified atom stereocenters. The SMILES string of the molecule is CCC(C)(C)C(=O)OCCCC(=O)Nc1cccc(N2C(=O)NC(=O)C(=CC=C(C)C=Cc3c(O)[nH]c(=O)n(-c4cccc(S(=O)(=O)[O-])c4)c3=O)C2=O)c1.[K+]. The number of imide groups is 2. The van der Waals surface area contributed by atoms with Crippen LogP contribution in [-0.2, 0) is 34.0 Å². The first kappa shape index (κ1) is 44.6. The second kappa shape index (κ2) is 18.7. The van der Waals surface area contributed by atoms with Crippen molar-refractivity contribution in [3.05, 3.63) is 104 Å². The van der Waals surface area contributed by atoms with E-state index in [2.05, 4.69) is 15.6 Å². The number of aromatic amines is 1. The molecule has 284 valence electrons. The van der Waals surface area contributed by atoms with Gasteiger partial charge in [0.05, 0.1) is 28.3 Å². The minimum absolute atomic E-state index is 0. The molecule has 0 saturated carbocycles. The smallest absolute Gasteiger partial charge is 0.744 e. The maximum Gasteiger partial charge on any atom is 1.00 e. The van der Waals surface area contributed by atoms with E-state index in [0.717, 1.165) is 30.4 Å². The average molecular weight is 802 g/mol. The average Bonchev–Trinajstić information content (AvgIpc) is 3.09. The number of esters is 1. The van der Waals surface area contributed by atoms with Crippen LogP contribution < -0.4 is 78.2 Å². The van der Waals surface area contributed by atoms with Gasteiger partial charge >= 0.3 is 69.1 Å². The number of anilines is 2. The Hall–Kier alpha value is -4.76. The quantitative estimate of drug-likeness (QED) is 0.0339. The van der Waals surface area contributed by atoms with Gasteiger partial charge in [0.2, 0.25) is 11.8 Å². The van der Waals surface area contributed by atoms with Crippen LogP contribution in [0.2, 0.25) is 0 Å². The maximum absolute atomic E-state index is 13.4. The number of ether oxygens (including phenoxy) is 1. The van der Waals surface area contributed by atoms with E-state index in [0.29, 0.717) is 21.5 Å². The summed E-state index contributed by atoms with van der Waals surface area (Å²) in [6, 6.07) is 8.92. The molecule has 2 aromatic carbocycles. The molecule has 2 heterocycles. The molecule has 0 atom stereocenters. The summed E-state index contributed by atoms with van der Waals surface area (Å²) < 4.78 is 40.1. The summed E-state index contributed by atoms with van der Waals surface area (Å²) in [5.41, 5.74) is -3.35. The number of amides is 5. The second-order valence-corrected chi connectivity index (χ2v) is 14.0. The Bertz CT molecular complexity index is 2360. The van der Waals surface area contributed by atoms with Crippen molar-refractivity contribution in [1.82, 2.24) is 14.9 Å². The van der Waals surface area contributed by atoms with Crippen molar-refractivity contribution in [2.24, 2.45) is 5.41 Å². The van der Waals surface area contributed by atoms with E-state index in [9.17, 15) is 51.6 Å². The van der Waals surface area contributed by atoms with E-state index in [-0.39, 0.29) is 93.9 Å². The predicted molar refractivity (Wildman–Crippen MR) is 194 cm³/mol. The number of allylic oxidation sites excluding steroid dienone is 4. The fourth-order valence-corrected chi connectivity index (χ4v) is 5.29. The molecule has 1 aliphatic rings. The van der Waals surface area contributed by atoms with E-state index in [1.807, 2.05) is 6.92 Å². The fourth-order valence-electron chi connectivity index (χ4n) is 4.78. The molecule has 17 nitrogen and oxygen atoms in total. The maximum atomic E-state index is 13.4. The van der Waals surface area contributed by atoms with Gasteiger partial charge in [-0.1, -0.05) is 36.8 Å². The van der Waals surface area contributed by atoms with Gasteiger partial charge in [0.1, 0.15) is 21.3 Å². The minimum atomic E-state index is -4.92. The summed E-state index contributed by atoms with van der Waals surface area (Å²) in [6.07, 6.45) is 5.72. The summed E-state index contributed by atoms with van der Waals surface area (Å²) in [5, 5.41) is 15.0. The number of barbiturate groups is 1. The fraction of sp³-hybridized carbons (Fsp3) is 0.250. The van der Waals surface area contributed by atoms with Crippen LogP contribution in [0.25, 0.3) is 11.8 Å². The summed E-state index contributed by atoms with van der Waals surface area (Å²) in [4.78, 5) is 91.3. The van der Waals surface area contributed by atoms with Crippen molar-refractivity contribution in [2.45, 2.75) is 51.9 Å². The largest absolute Gasteiger partial charge is 1.00 e. The molecular weight excluding hydrogens is 766 g/mol. The number of aromatic hydroxyl groups is 1. The number of benzene rings is 2. The van der Waals surface area contributed by atoms with Gasteiger partial charge in [0.15, 0.2) is 0 Å². The van der Waals surface area contributed by atoms with E-state index in [1.54, 1.807) is 13.8 Å². The normalized spacial score (nSPS) is 14.5. The van der Waals surface area contributed by atoms with Gasteiger partial charge in [-0.05, 0) is 82.2 Å². The van der Waals surface area contributed by atoms with E-state index in [1.165, 1.54) is 49.4 Å². The van der Waals surface area contributed by atoms with Crippen molar-refractivity contribution < 1.29 is 98.2 Å². The van der Waals surface area contributed by atoms with Crippen LogP contribution in [0.5, 0.6) is 5.88 Å². The number of H-pyrrole nitrogens is 1. The van der Waals surface area contributed by atoms with Gasteiger partial charge in [0, 0.05) is 12.1 Å². The number of carbonyl (C=O) groups is 5. The Morgan fingerprint density at radius 2 is 1.71 bits per heavy atom. The predicted octanol–water partition coefficient (Wildman–Crippen LogP) is 0.00650. The first-order chi connectivity index (χ1) is 25.3. The first-order valence-corrected chi connectivity index (χ1v) is 17.7. The van der Waals surface area contributed by atoms with Crippen LogP contribution in [0.3, 0.4) is 0 Å². The van der Waals surface area contributed by atoms with Crippen molar-refractivity contribution in [1.29, 1.82) is 0 Å². The third kappa shape index (κ3) is 11.2. The number of urea groups is 1. The molecule has 1 fully saturated rings. The standard InChI is InChI=1S/C36H37N5O12S.K/c1-5-36(3,4)33(47)53-18-8-13-28(42)37-22-9-6-10-23(19-22)40-31(45)26(29(43)38-34(40)48)16-14-21(2)15-17-27-30(44)39-35(49)41(32(27)46)24-11-7-12-25(20-24)54(50,51)52;/h6-7,9-12,14-17,19-20,44H,5,8,13,18H2,1-4H3,(H,37,42)(H,39,49)(H,38,43,48)(H,50,51,52);/q;+1/p-1. The molecule has 1 aliphatic heterocycles. The van der Waals surface area contributed by atoms with Gasteiger partial charge in [-0.15, -0.1) is 0 Å². The molecule has 0 aliphatic carbocycles. The third-order valence-electron chi connectivity index (χ3n) is 8.21. The zero-order chi connectivity index (χ0) is 40.0. The van der Waals surface area contributed by atoms with Crippen molar-refractivity contribution >= 4 is 57.3 Å². The first-order valence-electron chi connectivity index (χ1n) is 16.3. The summed E-state index contributed by atoms with van der Waals surface area (Å²) >= 11 is 0. The molecule has 1 saturated heterocycles. The van der Waals surface area contributed by atoms with Gasteiger partial charge in [-0.3, -0.25) is 34.3 Å². The molecule has 0 radical (unpaired) electrons. The van der Waals surface area contributed by atoms with E-state index < -0.39 is 72.4 Å². The minimum Gasteiger partial charge on any atom is -0.744 e. The number of rotatable bonds is 13. The number of nitrogens with one attached hydrogen (secondary N) is 3. The van der Waals surface area contributed by atoms with E-state index in [4.69, 9.17) is 4.74 Å². The van der Waals surface area contributed by atoms with Gasteiger partial charge in [-0.2, -0.15) is 0 Å². The third-order valence-corrected chi connectivity index (χ3v) is 9.05. The Morgan fingerprint density at radius 1 is 1.04 bits per heavy atom. The van der Waals surface area contributed by atoms with Crippen molar-refractivity contribution in [2.75, 3.05) is 16.8 Å². The topological polar surface area (TPSA) is 254 Å². The molecule has 5 amide bonds. The Labute approximate surface area is 357 Å². The molecule has 4 N–H and O–H groups in total. The monoisotopic (exact) mass is 801 g/mol. The number of aromatic nitrogens is 2. The summed E-state index contributed by atoms with van der Waals surface area (Å²) in [6.45, 7) is 6.96. The number of hydrogen-bond donors (Lipinski definition) is 4. The van der Waals surface area contributed by atoms with Crippen LogP contribution in [0.15, 0.2) is 92.4 Å². The summed E-state index contributed by atoms with van der Waals surface area (Å²) in [5.74, 6) is -3.57. The molecule has 19 heteroatoms. The molecule has 4 rings (SSSR count). The Morgan fingerprint density at radius 3 is 2.38 bits per heavy atom. The van der Waals surface area contributed by atoms with Crippen molar-refractivity contribution in [3.8, 4) is 11.6 Å². The van der Waals surface area contributed by atoms with Gasteiger partial charge < -0.3 is 19.7 Å². The van der Waals surface area contributed by atoms with Crippen LogP contribution in [0, 0.1) is 5.41 Å². The molecule has 3 aromatic rings. The van der Waals surface area contributed by atoms with Crippen LogP contribution in [-0.4, -0.2) is 64.0 Å². The van der Waals surface area contributed by atoms with Crippen LogP contribution >= 0.6 is 0 Å². The van der Waals surface area contributed by atoms with Gasteiger partial charge in [-0.25, -0.2) is 27.5 Å². The van der Waals surface area contributed by atoms with Crippen molar-refractivity contribution in [3.63, 3.8) is 0 Å². The number of nitrogens with zero attached hydrogens (tertiary/aromatic N) is 2. The molecule has 1 aromatic heterocycles. The van der Waals surface area contributed by atoms with Crippen LogP contribution in [0.4, 0.5) is 16.2 Å². The zero-order valence-corrected chi connectivity index (χ0v) is 34.4. The van der Waals surface area contributed by atoms with E-state index >= 15 is 0 Å². The Kier molecular flexibility index (Phi) is 15.2. The molecule has 0 spiro atoms. The number of hydrogen-bond acceptors (Lipinski definition) is 12. The Balaban J connectivity index is 0.00000812. The second-order valence-electron chi connectivity index (χ2n) is 12.6. The molecule has 55 heavy (non-hydrogen) atoms. The molecular formula is C36H36KN5O12S. The van der Waals surface area contributed by atoms with Crippen LogP contribution in [0.1, 0.15) is 52.5 Å². The summed E-state index contributed by atoms with van der Waals surface area (Å²) in [7, 11) is -4.92. The van der Waals surface area contributed by atoms with Gasteiger partial charge in [0.25, 0.3) is 17.4 Å². The zero-order valence-electron chi connectivity index (χ0n) is 30.5.